The summed E-state index contributed by atoms with van der Waals surface area (Å²) >= 11 is 0. The Kier molecular flexibility index (Phi) is 4.43. The lowest BCUT2D eigenvalue weighted by molar-refractivity contribution is 0.110. The second-order valence-electron chi connectivity index (χ2n) is 4.48. The van der Waals surface area contributed by atoms with Crippen LogP contribution in [-0.4, -0.2) is 31.2 Å². The molecule has 0 N–H and O–H groups in total. The van der Waals surface area contributed by atoms with E-state index in [1.54, 1.807) is 13.4 Å². The molecule has 1 heterocycles. The van der Waals surface area contributed by atoms with Crippen LogP contribution in [0.15, 0.2) is 22.8 Å². The molecule has 0 aromatic carbocycles. The van der Waals surface area contributed by atoms with E-state index in [9.17, 15) is 0 Å². The smallest absolute Gasteiger partial charge is 0.117 e. The van der Waals surface area contributed by atoms with Gasteiger partial charge in [-0.15, -0.1) is 0 Å². The first kappa shape index (κ1) is 11.7. The van der Waals surface area contributed by atoms with E-state index in [-0.39, 0.29) is 0 Å². The van der Waals surface area contributed by atoms with Crippen LogP contribution in [-0.2, 0) is 11.3 Å². The summed E-state index contributed by atoms with van der Waals surface area (Å²) in [5, 5.41) is 0. The summed E-state index contributed by atoms with van der Waals surface area (Å²) in [4.78, 5) is 2.50. The van der Waals surface area contributed by atoms with Crippen LogP contribution in [0.2, 0.25) is 0 Å². The molecule has 0 aliphatic heterocycles. The molecule has 3 heteroatoms. The van der Waals surface area contributed by atoms with Gasteiger partial charge in [-0.3, -0.25) is 4.90 Å². The second kappa shape index (κ2) is 6.06. The third-order valence-electron chi connectivity index (χ3n) is 3.36. The molecule has 1 aliphatic rings. The highest BCUT2D eigenvalue weighted by Crippen LogP contribution is 2.24. The maximum Gasteiger partial charge on any atom is 0.117 e. The maximum absolute atomic E-state index is 5.42. The zero-order valence-electron chi connectivity index (χ0n) is 10.0. The Morgan fingerprint density at radius 3 is 2.88 bits per heavy atom. The van der Waals surface area contributed by atoms with Crippen LogP contribution < -0.4 is 0 Å². The lowest BCUT2D eigenvalue weighted by atomic mass is 10.2. The van der Waals surface area contributed by atoms with E-state index in [0.717, 1.165) is 31.5 Å². The van der Waals surface area contributed by atoms with Gasteiger partial charge in [0.15, 0.2) is 0 Å². The van der Waals surface area contributed by atoms with E-state index in [2.05, 4.69) is 11.0 Å². The Bertz CT molecular complexity index is 278. The molecule has 0 saturated heterocycles. The summed E-state index contributed by atoms with van der Waals surface area (Å²) < 4.78 is 10.6. The molecule has 0 amide bonds. The van der Waals surface area contributed by atoms with Crippen LogP contribution in [0.1, 0.15) is 31.4 Å². The standard InChI is InChI=1S/C13H21NO2/c1-15-10-8-14(12-5-2-3-6-12)11-13-7-4-9-16-13/h4,7,9,12H,2-3,5-6,8,10-11H2,1H3. The van der Waals surface area contributed by atoms with Crippen LogP contribution >= 0.6 is 0 Å². The first-order chi connectivity index (χ1) is 7.90. The van der Waals surface area contributed by atoms with Gasteiger partial charge in [-0.25, -0.2) is 0 Å². The third-order valence-corrected chi connectivity index (χ3v) is 3.36. The van der Waals surface area contributed by atoms with Crippen LogP contribution in [0.4, 0.5) is 0 Å². The van der Waals surface area contributed by atoms with Crippen molar-refractivity contribution in [2.24, 2.45) is 0 Å². The third kappa shape index (κ3) is 3.09. The SMILES string of the molecule is COCCN(Cc1ccco1)C1CCCC1. The van der Waals surface area contributed by atoms with Crippen molar-refractivity contribution in [2.45, 2.75) is 38.3 Å². The van der Waals surface area contributed by atoms with E-state index in [4.69, 9.17) is 9.15 Å². The average molecular weight is 223 g/mol. The number of methoxy groups -OCH3 is 1. The van der Waals surface area contributed by atoms with E-state index >= 15 is 0 Å². The lowest BCUT2D eigenvalue weighted by Crippen LogP contribution is -2.35. The molecule has 1 saturated carbocycles. The summed E-state index contributed by atoms with van der Waals surface area (Å²) in [6.07, 6.45) is 7.13. The Morgan fingerprint density at radius 1 is 1.44 bits per heavy atom. The van der Waals surface area contributed by atoms with Crippen molar-refractivity contribution in [3.8, 4) is 0 Å². The molecule has 1 fully saturated rings. The minimum absolute atomic E-state index is 0.722. The molecule has 0 radical (unpaired) electrons. The van der Waals surface area contributed by atoms with Gasteiger partial charge >= 0.3 is 0 Å². The molecule has 1 aromatic rings. The molecule has 3 nitrogen and oxygen atoms in total. The highest BCUT2D eigenvalue weighted by atomic mass is 16.5. The van der Waals surface area contributed by atoms with Gasteiger partial charge in [-0.2, -0.15) is 0 Å². The van der Waals surface area contributed by atoms with E-state index in [1.165, 1.54) is 25.7 Å². The monoisotopic (exact) mass is 223 g/mol. The summed E-state index contributed by atoms with van der Waals surface area (Å²) in [6.45, 7) is 2.72. The van der Waals surface area contributed by atoms with Crippen molar-refractivity contribution >= 4 is 0 Å². The fraction of sp³-hybridized carbons (Fsp3) is 0.692. The summed E-state index contributed by atoms with van der Waals surface area (Å²) in [5.41, 5.74) is 0. The predicted octanol–water partition coefficient (Wildman–Crippen LogP) is 2.67. The van der Waals surface area contributed by atoms with E-state index in [1.807, 2.05) is 6.07 Å². The summed E-state index contributed by atoms with van der Waals surface area (Å²) in [7, 11) is 1.76. The molecule has 1 aliphatic carbocycles. The molecular formula is C13H21NO2. The van der Waals surface area contributed by atoms with Crippen LogP contribution in [0.25, 0.3) is 0 Å². The largest absolute Gasteiger partial charge is 0.468 e. The molecule has 1 aromatic heterocycles. The van der Waals surface area contributed by atoms with Gasteiger partial charge in [0.2, 0.25) is 0 Å². The van der Waals surface area contributed by atoms with E-state index in [0.29, 0.717) is 0 Å². The van der Waals surface area contributed by atoms with E-state index < -0.39 is 0 Å². The minimum atomic E-state index is 0.722. The van der Waals surface area contributed by atoms with Gasteiger partial charge < -0.3 is 9.15 Å². The number of ether oxygens (including phenoxy) is 1. The van der Waals surface area contributed by atoms with Gasteiger partial charge in [0.1, 0.15) is 5.76 Å². The zero-order chi connectivity index (χ0) is 11.2. The number of hydrogen-bond acceptors (Lipinski definition) is 3. The molecule has 0 bridgehead atoms. The fourth-order valence-electron chi connectivity index (χ4n) is 2.47. The summed E-state index contributed by atoms with van der Waals surface area (Å²) in [5.74, 6) is 1.06. The highest BCUT2D eigenvalue weighted by molar-refractivity contribution is 4.98. The lowest BCUT2D eigenvalue weighted by Gasteiger charge is -2.27. The van der Waals surface area contributed by atoms with Gasteiger partial charge in [-0.05, 0) is 25.0 Å². The van der Waals surface area contributed by atoms with Crippen LogP contribution in [0, 0.1) is 0 Å². The average Bonchev–Trinajstić information content (AvgIpc) is 2.96. The zero-order valence-corrected chi connectivity index (χ0v) is 10.0. The molecule has 2 rings (SSSR count). The van der Waals surface area contributed by atoms with Gasteiger partial charge in [0, 0.05) is 19.7 Å². The highest BCUT2D eigenvalue weighted by Gasteiger charge is 2.22. The Hall–Kier alpha value is -0.800. The molecule has 90 valence electrons. The van der Waals surface area contributed by atoms with Crippen molar-refractivity contribution in [1.82, 2.24) is 4.90 Å². The molecular weight excluding hydrogens is 202 g/mol. The van der Waals surface area contributed by atoms with Crippen molar-refractivity contribution in [2.75, 3.05) is 20.3 Å². The van der Waals surface area contributed by atoms with Crippen molar-refractivity contribution < 1.29 is 9.15 Å². The van der Waals surface area contributed by atoms with Crippen molar-refractivity contribution in [3.05, 3.63) is 24.2 Å². The Morgan fingerprint density at radius 2 is 2.25 bits per heavy atom. The summed E-state index contributed by atoms with van der Waals surface area (Å²) in [6, 6.07) is 4.73. The number of nitrogens with zero attached hydrogens (tertiary/aromatic N) is 1. The first-order valence-electron chi connectivity index (χ1n) is 6.15. The van der Waals surface area contributed by atoms with Crippen LogP contribution in [0.5, 0.6) is 0 Å². The van der Waals surface area contributed by atoms with Gasteiger partial charge in [0.25, 0.3) is 0 Å². The normalized spacial score (nSPS) is 17.4. The molecule has 0 spiro atoms. The number of hydrogen-bond donors (Lipinski definition) is 0. The van der Waals surface area contributed by atoms with Gasteiger partial charge in [-0.1, -0.05) is 12.8 Å². The number of rotatable bonds is 6. The Labute approximate surface area is 97.4 Å². The first-order valence-corrected chi connectivity index (χ1v) is 6.15. The van der Waals surface area contributed by atoms with Crippen molar-refractivity contribution in [3.63, 3.8) is 0 Å². The van der Waals surface area contributed by atoms with Gasteiger partial charge in [0.05, 0.1) is 19.4 Å². The topological polar surface area (TPSA) is 25.6 Å². The quantitative estimate of drug-likeness (QED) is 0.741. The predicted molar refractivity (Wildman–Crippen MR) is 63.3 cm³/mol. The number of furan rings is 1. The minimum Gasteiger partial charge on any atom is -0.468 e. The molecule has 0 atom stereocenters. The molecule has 16 heavy (non-hydrogen) atoms. The van der Waals surface area contributed by atoms with Crippen LogP contribution in [0.3, 0.4) is 0 Å². The maximum atomic E-state index is 5.42. The van der Waals surface area contributed by atoms with Crippen molar-refractivity contribution in [1.29, 1.82) is 0 Å². The Balaban J connectivity index is 1.90. The second-order valence-corrected chi connectivity index (χ2v) is 4.48. The fourth-order valence-corrected chi connectivity index (χ4v) is 2.47. The molecule has 0 unspecified atom stereocenters.